The number of hydrogen-bond acceptors (Lipinski definition) is 2. The molecule has 0 aromatic carbocycles. The third kappa shape index (κ3) is 3.15. The highest BCUT2D eigenvalue weighted by atomic mass is 79.9. The molecule has 0 spiro atoms. The molecule has 0 radical (unpaired) electrons. The Labute approximate surface area is 118 Å². The molecule has 1 aromatic heterocycles. The van der Waals surface area contributed by atoms with E-state index in [0.717, 1.165) is 22.9 Å². The first-order valence-corrected chi connectivity index (χ1v) is 7.99. The van der Waals surface area contributed by atoms with Crippen LogP contribution >= 0.6 is 15.9 Å². The maximum atomic E-state index is 4.33. The summed E-state index contributed by atoms with van der Waals surface area (Å²) in [5.74, 6) is 1.79. The minimum absolute atomic E-state index is 0.806. The number of rotatable bonds is 4. The molecular weight excluding hydrogens is 290 g/mol. The summed E-state index contributed by atoms with van der Waals surface area (Å²) in [6.45, 7) is 4.97. The number of aromatic nitrogens is 2. The van der Waals surface area contributed by atoms with Crippen molar-refractivity contribution in [2.75, 3.05) is 19.6 Å². The maximum Gasteiger partial charge on any atom is 0.0632 e. The highest BCUT2D eigenvalue weighted by molar-refractivity contribution is 9.10. The van der Waals surface area contributed by atoms with Crippen molar-refractivity contribution in [3.05, 3.63) is 16.9 Å². The fraction of sp³-hybridized carbons (Fsp3) is 0.786. The zero-order chi connectivity index (χ0) is 12.4. The molecule has 0 amide bonds. The first-order chi connectivity index (χ1) is 8.79. The van der Waals surface area contributed by atoms with Crippen molar-refractivity contribution in [1.82, 2.24) is 14.7 Å². The molecule has 100 valence electrons. The van der Waals surface area contributed by atoms with Crippen LogP contribution in [0.1, 0.15) is 32.1 Å². The Kier molecular flexibility index (Phi) is 4.04. The van der Waals surface area contributed by atoms with E-state index in [0.29, 0.717) is 0 Å². The Morgan fingerprint density at radius 2 is 1.89 bits per heavy atom. The van der Waals surface area contributed by atoms with Crippen molar-refractivity contribution in [3.63, 3.8) is 0 Å². The van der Waals surface area contributed by atoms with Crippen molar-refractivity contribution in [2.24, 2.45) is 11.8 Å². The summed E-state index contributed by atoms with van der Waals surface area (Å²) in [6.07, 6.45) is 11.3. The summed E-state index contributed by atoms with van der Waals surface area (Å²) >= 11 is 3.45. The molecule has 4 heteroatoms. The van der Waals surface area contributed by atoms with Gasteiger partial charge in [-0.15, -0.1) is 0 Å². The van der Waals surface area contributed by atoms with E-state index in [2.05, 4.69) is 36.8 Å². The van der Waals surface area contributed by atoms with E-state index in [9.17, 15) is 0 Å². The molecule has 18 heavy (non-hydrogen) atoms. The lowest BCUT2D eigenvalue weighted by Crippen LogP contribution is -2.50. The third-order valence-corrected chi connectivity index (χ3v) is 4.73. The Morgan fingerprint density at radius 1 is 1.11 bits per heavy atom. The molecular formula is C14H22BrN3. The quantitative estimate of drug-likeness (QED) is 0.851. The number of hydrogen-bond donors (Lipinski definition) is 0. The molecule has 1 saturated carbocycles. The van der Waals surface area contributed by atoms with Crippen molar-refractivity contribution >= 4 is 15.9 Å². The lowest BCUT2D eigenvalue weighted by molar-refractivity contribution is 0.0612. The summed E-state index contributed by atoms with van der Waals surface area (Å²) in [5.41, 5.74) is 0. The van der Waals surface area contributed by atoms with Gasteiger partial charge in [0.05, 0.1) is 10.7 Å². The van der Waals surface area contributed by atoms with E-state index < -0.39 is 0 Å². The van der Waals surface area contributed by atoms with Crippen LogP contribution in [0.25, 0.3) is 0 Å². The van der Waals surface area contributed by atoms with Gasteiger partial charge in [-0.25, -0.2) is 0 Å². The molecule has 0 atom stereocenters. The molecule has 0 bridgehead atoms. The van der Waals surface area contributed by atoms with Gasteiger partial charge in [-0.05, 0) is 34.7 Å². The van der Waals surface area contributed by atoms with Gasteiger partial charge in [-0.2, -0.15) is 5.10 Å². The number of likely N-dealkylation sites (tertiary alicyclic amines) is 1. The van der Waals surface area contributed by atoms with E-state index in [1.165, 1.54) is 51.7 Å². The van der Waals surface area contributed by atoms with Crippen LogP contribution in [0.2, 0.25) is 0 Å². The Bertz CT molecular complexity index is 378. The highest BCUT2D eigenvalue weighted by Crippen LogP contribution is 2.27. The SMILES string of the molecule is Brc1cnn(CC2CN(CC3CCCCC3)C2)c1. The highest BCUT2D eigenvalue weighted by Gasteiger charge is 2.29. The maximum absolute atomic E-state index is 4.33. The summed E-state index contributed by atoms with van der Waals surface area (Å²) in [5, 5.41) is 4.33. The van der Waals surface area contributed by atoms with Gasteiger partial charge in [0.25, 0.3) is 0 Å². The second-order valence-electron chi connectivity index (χ2n) is 5.97. The lowest BCUT2D eigenvalue weighted by atomic mass is 9.87. The van der Waals surface area contributed by atoms with Crippen LogP contribution in [0.5, 0.6) is 0 Å². The van der Waals surface area contributed by atoms with Crippen LogP contribution in [0, 0.1) is 11.8 Å². The van der Waals surface area contributed by atoms with E-state index in [4.69, 9.17) is 0 Å². The van der Waals surface area contributed by atoms with Gasteiger partial charge in [0.2, 0.25) is 0 Å². The molecule has 0 N–H and O–H groups in total. The molecule has 1 aromatic rings. The van der Waals surface area contributed by atoms with Crippen molar-refractivity contribution in [2.45, 2.75) is 38.6 Å². The predicted molar refractivity (Wildman–Crippen MR) is 76.4 cm³/mol. The smallest absolute Gasteiger partial charge is 0.0632 e. The zero-order valence-electron chi connectivity index (χ0n) is 10.9. The van der Waals surface area contributed by atoms with Crippen LogP contribution < -0.4 is 0 Å². The minimum Gasteiger partial charge on any atom is -0.302 e. The molecule has 1 aliphatic carbocycles. The Balaban J connectivity index is 1.37. The minimum atomic E-state index is 0.806. The average Bonchev–Trinajstić information content (AvgIpc) is 2.73. The van der Waals surface area contributed by atoms with Crippen LogP contribution in [0.4, 0.5) is 0 Å². The van der Waals surface area contributed by atoms with Crippen LogP contribution in [-0.2, 0) is 6.54 Å². The van der Waals surface area contributed by atoms with E-state index in [1.54, 1.807) is 0 Å². The molecule has 2 aliphatic rings. The normalized spacial score (nSPS) is 23.2. The average molecular weight is 312 g/mol. The monoisotopic (exact) mass is 311 g/mol. The van der Waals surface area contributed by atoms with Crippen LogP contribution in [-0.4, -0.2) is 34.3 Å². The fourth-order valence-electron chi connectivity index (χ4n) is 3.38. The first kappa shape index (κ1) is 12.7. The van der Waals surface area contributed by atoms with Crippen LogP contribution in [0.3, 0.4) is 0 Å². The number of halogens is 1. The topological polar surface area (TPSA) is 21.1 Å². The van der Waals surface area contributed by atoms with Crippen LogP contribution in [0.15, 0.2) is 16.9 Å². The standard InChI is InChI=1S/C14H22BrN3/c15-14-6-16-18(11-14)10-13-8-17(9-13)7-12-4-2-1-3-5-12/h6,11-13H,1-5,7-10H2. The molecule has 2 fully saturated rings. The second kappa shape index (κ2) is 5.74. The molecule has 2 heterocycles. The molecule has 3 nitrogen and oxygen atoms in total. The number of nitrogens with zero attached hydrogens (tertiary/aromatic N) is 3. The second-order valence-corrected chi connectivity index (χ2v) is 6.88. The van der Waals surface area contributed by atoms with Gasteiger partial charge in [0, 0.05) is 38.3 Å². The summed E-state index contributed by atoms with van der Waals surface area (Å²) < 4.78 is 3.15. The third-order valence-electron chi connectivity index (χ3n) is 4.32. The summed E-state index contributed by atoms with van der Waals surface area (Å²) in [7, 11) is 0. The van der Waals surface area contributed by atoms with Gasteiger partial charge >= 0.3 is 0 Å². The Hall–Kier alpha value is -0.350. The van der Waals surface area contributed by atoms with E-state index in [-0.39, 0.29) is 0 Å². The van der Waals surface area contributed by atoms with Crippen molar-refractivity contribution < 1.29 is 0 Å². The van der Waals surface area contributed by atoms with E-state index in [1.807, 2.05) is 6.20 Å². The summed E-state index contributed by atoms with van der Waals surface area (Å²) in [6, 6.07) is 0. The molecule has 3 rings (SSSR count). The van der Waals surface area contributed by atoms with Gasteiger partial charge < -0.3 is 4.90 Å². The lowest BCUT2D eigenvalue weighted by Gasteiger charge is -2.41. The van der Waals surface area contributed by atoms with Gasteiger partial charge in [-0.1, -0.05) is 19.3 Å². The van der Waals surface area contributed by atoms with Gasteiger partial charge in [0.1, 0.15) is 0 Å². The Morgan fingerprint density at radius 3 is 2.56 bits per heavy atom. The zero-order valence-corrected chi connectivity index (χ0v) is 12.5. The predicted octanol–water partition coefficient (Wildman–Crippen LogP) is 3.16. The first-order valence-electron chi connectivity index (χ1n) is 7.20. The molecule has 1 saturated heterocycles. The summed E-state index contributed by atoms with van der Waals surface area (Å²) in [4.78, 5) is 2.64. The fourth-order valence-corrected chi connectivity index (χ4v) is 3.71. The molecule has 0 unspecified atom stereocenters. The van der Waals surface area contributed by atoms with Crippen molar-refractivity contribution in [3.8, 4) is 0 Å². The van der Waals surface area contributed by atoms with Crippen molar-refractivity contribution in [1.29, 1.82) is 0 Å². The van der Waals surface area contributed by atoms with Gasteiger partial charge in [-0.3, -0.25) is 4.68 Å². The molecule has 1 aliphatic heterocycles. The largest absolute Gasteiger partial charge is 0.302 e. The van der Waals surface area contributed by atoms with Gasteiger partial charge in [0.15, 0.2) is 0 Å². The van der Waals surface area contributed by atoms with E-state index >= 15 is 0 Å².